The van der Waals surface area contributed by atoms with Gasteiger partial charge >= 0.3 is 0 Å². The second-order valence-electron chi connectivity index (χ2n) is 4.22. The van der Waals surface area contributed by atoms with Crippen LogP contribution in [-0.4, -0.2) is 16.0 Å². The molecule has 0 amide bonds. The molecule has 1 heterocycles. The third kappa shape index (κ3) is 3.26. The van der Waals surface area contributed by atoms with Gasteiger partial charge in [0, 0.05) is 16.7 Å². The highest BCUT2D eigenvalue weighted by molar-refractivity contribution is 7.99. The van der Waals surface area contributed by atoms with Gasteiger partial charge in [0.1, 0.15) is 5.03 Å². The average Bonchev–Trinajstić information content (AvgIpc) is 2.42. The van der Waals surface area contributed by atoms with Crippen LogP contribution in [0.5, 0.6) is 0 Å². The molecule has 0 aliphatic heterocycles. The number of nitrogens with two attached hydrogens (primary N) is 1. The predicted molar refractivity (Wildman–Crippen MR) is 76.8 cm³/mol. The Labute approximate surface area is 116 Å². The number of amidine groups is 1. The molecule has 0 radical (unpaired) electrons. The molecule has 0 aliphatic rings. The van der Waals surface area contributed by atoms with Crippen molar-refractivity contribution in [3.05, 3.63) is 53.2 Å². The van der Waals surface area contributed by atoms with Crippen LogP contribution in [0.25, 0.3) is 0 Å². The number of aryl methyl sites for hydroxylation is 2. The van der Waals surface area contributed by atoms with Gasteiger partial charge in [0.05, 0.1) is 0 Å². The molecule has 19 heavy (non-hydrogen) atoms. The standard InChI is InChI=1S/C14H15N3OS/c1-9-3-4-12(7-10(9)2)19-13-8-11(5-6-16-13)14(15)17-18/h3-8,18H,1-2H3,(H2,15,17). The van der Waals surface area contributed by atoms with Crippen LogP contribution in [0.4, 0.5) is 0 Å². The van der Waals surface area contributed by atoms with E-state index < -0.39 is 0 Å². The Morgan fingerprint density at radius 3 is 2.68 bits per heavy atom. The molecule has 2 aromatic rings. The van der Waals surface area contributed by atoms with Crippen molar-refractivity contribution in [3.63, 3.8) is 0 Å². The predicted octanol–water partition coefficient (Wildman–Crippen LogP) is 2.94. The topological polar surface area (TPSA) is 71.5 Å². The van der Waals surface area contributed by atoms with Crippen molar-refractivity contribution in [2.24, 2.45) is 10.9 Å². The van der Waals surface area contributed by atoms with Crippen molar-refractivity contribution in [1.82, 2.24) is 4.98 Å². The summed E-state index contributed by atoms with van der Waals surface area (Å²) >= 11 is 1.55. The first kappa shape index (κ1) is 13.4. The molecule has 3 N–H and O–H groups in total. The molecule has 1 aromatic carbocycles. The number of nitrogens with zero attached hydrogens (tertiary/aromatic N) is 2. The van der Waals surface area contributed by atoms with Crippen LogP contribution >= 0.6 is 11.8 Å². The van der Waals surface area contributed by atoms with E-state index in [2.05, 4.69) is 42.2 Å². The van der Waals surface area contributed by atoms with Gasteiger partial charge in [0.25, 0.3) is 0 Å². The number of hydrogen-bond donors (Lipinski definition) is 2. The van der Waals surface area contributed by atoms with Gasteiger partial charge in [-0.05, 0) is 49.2 Å². The van der Waals surface area contributed by atoms with E-state index in [9.17, 15) is 0 Å². The van der Waals surface area contributed by atoms with Crippen LogP contribution in [0.3, 0.4) is 0 Å². The number of hydrogen-bond acceptors (Lipinski definition) is 4. The van der Waals surface area contributed by atoms with Gasteiger partial charge in [0.2, 0.25) is 0 Å². The van der Waals surface area contributed by atoms with E-state index in [0.29, 0.717) is 5.56 Å². The minimum absolute atomic E-state index is 0.0873. The molecule has 5 heteroatoms. The molecule has 0 saturated heterocycles. The molecular formula is C14H15N3OS. The minimum atomic E-state index is 0.0873. The number of rotatable bonds is 3. The van der Waals surface area contributed by atoms with Gasteiger partial charge in [-0.3, -0.25) is 0 Å². The van der Waals surface area contributed by atoms with Crippen molar-refractivity contribution >= 4 is 17.6 Å². The maximum absolute atomic E-state index is 8.67. The lowest BCUT2D eigenvalue weighted by Gasteiger charge is -2.05. The lowest BCUT2D eigenvalue weighted by molar-refractivity contribution is 0.318. The molecule has 98 valence electrons. The summed E-state index contributed by atoms with van der Waals surface area (Å²) in [5, 5.41) is 12.5. The first-order chi connectivity index (χ1) is 9.10. The third-order valence-electron chi connectivity index (χ3n) is 2.84. The summed E-state index contributed by atoms with van der Waals surface area (Å²) in [6.07, 6.45) is 1.65. The first-order valence-electron chi connectivity index (χ1n) is 5.79. The Morgan fingerprint density at radius 1 is 1.21 bits per heavy atom. The monoisotopic (exact) mass is 273 g/mol. The van der Waals surface area contributed by atoms with Crippen LogP contribution in [-0.2, 0) is 0 Å². The van der Waals surface area contributed by atoms with E-state index >= 15 is 0 Å². The molecule has 0 saturated carbocycles. The summed E-state index contributed by atoms with van der Waals surface area (Å²) in [5.41, 5.74) is 8.73. The smallest absolute Gasteiger partial charge is 0.170 e. The van der Waals surface area contributed by atoms with E-state index in [1.165, 1.54) is 11.1 Å². The highest BCUT2D eigenvalue weighted by atomic mass is 32.2. The molecule has 0 fully saturated rings. The van der Waals surface area contributed by atoms with Crippen molar-refractivity contribution < 1.29 is 5.21 Å². The molecule has 0 atom stereocenters. The first-order valence-corrected chi connectivity index (χ1v) is 6.61. The normalized spacial score (nSPS) is 11.6. The summed E-state index contributed by atoms with van der Waals surface area (Å²) in [4.78, 5) is 5.39. The van der Waals surface area contributed by atoms with Crippen LogP contribution in [0.15, 0.2) is 51.6 Å². The quantitative estimate of drug-likeness (QED) is 0.390. The highest BCUT2D eigenvalue weighted by Crippen LogP contribution is 2.27. The zero-order chi connectivity index (χ0) is 13.8. The Hall–Kier alpha value is -2.01. The molecule has 0 unspecified atom stereocenters. The maximum Gasteiger partial charge on any atom is 0.170 e. The highest BCUT2D eigenvalue weighted by Gasteiger charge is 2.04. The van der Waals surface area contributed by atoms with Crippen LogP contribution < -0.4 is 5.73 Å². The van der Waals surface area contributed by atoms with Crippen molar-refractivity contribution in [2.75, 3.05) is 0 Å². The zero-order valence-electron chi connectivity index (χ0n) is 10.8. The van der Waals surface area contributed by atoms with Crippen molar-refractivity contribution in [1.29, 1.82) is 0 Å². The van der Waals surface area contributed by atoms with E-state index in [1.807, 2.05) is 0 Å². The molecular weight excluding hydrogens is 258 g/mol. The van der Waals surface area contributed by atoms with Gasteiger partial charge in [-0.2, -0.15) is 0 Å². The van der Waals surface area contributed by atoms with E-state index in [1.54, 1.807) is 30.1 Å². The summed E-state index contributed by atoms with van der Waals surface area (Å²) < 4.78 is 0. The number of oxime groups is 1. The molecule has 0 spiro atoms. The molecule has 2 rings (SSSR count). The number of benzene rings is 1. The molecule has 1 aromatic heterocycles. The van der Waals surface area contributed by atoms with E-state index in [0.717, 1.165) is 9.92 Å². The SMILES string of the molecule is Cc1ccc(Sc2cc(/C(N)=N/O)ccn2)cc1C. The van der Waals surface area contributed by atoms with E-state index in [4.69, 9.17) is 10.9 Å². The van der Waals surface area contributed by atoms with Gasteiger partial charge in [-0.15, -0.1) is 0 Å². The second-order valence-corrected chi connectivity index (χ2v) is 5.31. The fourth-order valence-electron chi connectivity index (χ4n) is 1.58. The second kappa shape index (κ2) is 5.75. The summed E-state index contributed by atoms with van der Waals surface area (Å²) in [5.74, 6) is 0.0873. The fourth-order valence-corrected chi connectivity index (χ4v) is 2.49. The maximum atomic E-state index is 8.67. The van der Waals surface area contributed by atoms with Crippen LogP contribution in [0, 0.1) is 13.8 Å². The van der Waals surface area contributed by atoms with Crippen LogP contribution in [0.1, 0.15) is 16.7 Å². The van der Waals surface area contributed by atoms with Gasteiger partial charge in [0.15, 0.2) is 5.84 Å². The average molecular weight is 273 g/mol. The fraction of sp³-hybridized carbons (Fsp3) is 0.143. The van der Waals surface area contributed by atoms with Crippen molar-refractivity contribution in [2.45, 2.75) is 23.8 Å². The number of aromatic nitrogens is 1. The Bertz CT molecular complexity index is 626. The van der Waals surface area contributed by atoms with Gasteiger partial charge < -0.3 is 10.9 Å². The molecule has 0 aliphatic carbocycles. The van der Waals surface area contributed by atoms with Crippen molar-refractivity contribution in [3.8, 4) is 0 Å². The Kier molecular flexibility index (Phi) is 4.06. The lowest BCUT2D eigenvalue weighted by atomic mass is 10.1. The van der Waals surface area contributed by atoms with E-state index in [-0.39, 0.29) is 5.84 Å². The Balaban J connectivity index is 2.26. The minimum Gasteiger partial charge on any atom is -0.409 e. The van der Waals surface area contributed by atoms with Crippen LogP contribution in [0.2, 0.25) is 0 Å². The number of pyridine rings is 1. The summed E-state index contributed by atoms with van der Waals surface area (Å²) in [6, 6.07) is 9.78. The largest absolute Gasteiger partial charge is 0.409 e. The zero-order valence-corrected chi connectivity index (χ0v) is 11.6. The Morgan fingerprint density at radius 2 is 2.00 bits per heavy atom. The molecule has 4 nitrogen and oxygen atoms in total. The van der Waals surface area contributed by atoms with Gasteiger partial charge in [-0.1, -0.05) is 23.0 Å². The van der Waals surface area contributed by atoms with Gasteiger partial charge in [-0.25, -0.2) is 4.98 Å². The third-order valence-corrected chi connectivity index (χ3v) is 3.76. The summed E-state index contributed by atoms with van der Waals surface area (Å²) in [6.45, 7) is 4.17. The summed E-state index contributed by atoms with van der Waals surface area (Å²) in [7, 11) is 0. The molecule has 0 bridgehead atoms. The lowest BCUT2D eigenvalue weighted by Crippen LogP contribution is -2.13.